The molecule has 0 bridgehead atoms. The Morgan fingerprint density at radius 1 is 1.00 bits per heavy atom. The molecule has 0 aromatic heterocycles. The Morgan fingerprint density at radius 3 is 2.25 bits per heavy atom. The van der Waals surface area contributed by atoms with E-state index >= 15 is 0 Å². The minimum absolute atomic E-state index is 0.457. The minimum Gasteiger partial charge on any atom is -0.328 e. The Bertz CT molecular complexity index is 197. The van der Waals surface area contributed by atoms with E-state index in [0.29, 0.717) is 18.1 Å². The van der Waals surface area contributed by atoms with Crippen molar-refractivity contribution in [3.63, 3.8) is 0 Å². The lowest BCUT2D eigenvalue weighted by molar-refractivity contribution is 0.308. The summed E-state index contributed by atoms with van der Waals surface area (Å²) in [4.78, 5) is 0. The van der Waals surface area contributed by atoms with Gasteiger partial charge in [-0.05, 0) is 44.9 Å². The molecule has 2 rings (SSSR count). The average molecular weight is 224 g/mol. The smallest absolute Gasteiger partial charge is 0.00849 e. The van der Waals surface area contributed by atoms with E-state index in [-0.39, 0.29) is 0 Å². The van der Waals surface area contributed by atoms with Gasteiger partial charge in [-0.2, -0.15) is 0 Å². The maximum absolute atomic E-state index is 5.96. The molecule has 0 aliphatic heterocycles. The van der Waals surface area contributed by atoms with Crippen molar-refractivity contribution in [1.29, 1.82) is 0 Å². The second-order valence-electron chi connectivity index (χ2n) is 5.98. The van der Waals surface area contributed by atoms with Gasteiger partial charge in [0.2, 0.25) is 0 Å². The first-order chi connectivity index (χ1) is 7.75. The third-order valence-electron chi connectivity index (χ3n) is 4.58. The monoisotopic (exact) mass is 224 g/mol. The zero-order valence-corrected chi connectivity index (χ0v) is 10.8. The highest BCUT2D eigenvalue weighted by Crippen LogP contribution is 2.27. The van der Waals surface area contributed by atoms with Crippen LogP contribution >= 0.6 is 0 Å². The van der Waals surface area contributed by atoms with Crippen molar-refractivity contribution in [2.45, 2.75) is 82.8 Å². The van der Waals surface area contributed by atoms with Crippen molar-refractivity contribution >= 4 is 0 Å². The number of rotatable bonds is 3. The van der Waals surface area contributed by atoms with E-state index in [4.69, 9.17) is 5.73 Å². The lowest BCUT2D eigenvalue weighted by atomic mass is 9.92. The van der Waals surface area contributed by atoms with E-state index in [0.717, 1.165) is 5.92 Å². The van der Waals surface area contributed by atoms with Crippen LogP contribution in [0.2, 0.25) is 0 Å². The highest BCUT2D eigenvalue weighted by molar-refractivity contribution is 4.86. The molecule has 2 unspecified atom stereocenters. The Morgan fingerprint density at radius 2 is 1.69 bits per heavy atom. The fourth-order valence-electron chi connectivity index (χ4n) is 3.49. The van der Waals surface area contributed by atoms with Gasteiger partial charge in [-0.25, -0.2) is 0 Å². The third kappa shape index (κ3) is 3.46. The summed E-state index contributed by atoms with van der Waals surface area (Å²) in [6, 6.07) is 1.86. The summed E-state index contributed by atoms with van der Waals surface area (Å²) >= 11 is 0. The molecule has 0 aromatic rings. The standard InChI is InChI=1S/C14H28N2/c1-11(12-6-4-2-3-5-7-12)16-14-9-8-13(15)10-14/h11-14,16H,2-10,15H2,1H3/t11-,13?,14?/m1/s1. The van der Waals surface area contributed by atoms with Crippen LogP contribution < -0.4 is 11.1 Å². The van der Waals surface area contributed by atoms with Crippen LogP contribution in [0.25, 0.3) is 0 Å². The predicted molar refractivity (Wildman–Crippen MR) is 69.4 cm³/mol. The quantitative estimate of drug-likeness (QED) is 0.723. The van der Waals surface area contributed by atoms with Crippen LogP contribution in [0.1, 0.15) is 64.7 Å². The Hall–Kier alpha value is -0.0800. The van der Waals surface area contributed by atoms with Crippen molar-refractivity contribution in [3.8, 4) is 0 Å². The lowest BCUT2D eigenvalue weighted by Gasteiger charge is -2.27. The minimum atomic E-state index is 0.457. The van der Waals surface area contributed by atoms with Crippen molar-refractivity contribution in [3.05, 3.63) is 0 Å². The molecule has 3 N–H and O–H groups in total. The molecular weight excluding hydrogens is 196 g/mol. The molecule has 3 atom stereocenters. The summed E-state index contributed by atoms with van der Waals surface area (Å²) in [7, 11) is 0. The molecule has 2 saturated carbocycles. The molecule has 2 fully saturated rings. The van der Waals surface area contributed by atoms with Gasteiger partial charge in [-0.1, -0.05) is 25.7 Å². The van der Waals surface area contributed by atoms with E-state index in [9.17, 15) is 0 Å². The van der Waals surface area contributed by atoms with Crippen LogP contribution in [0.5, 0.6) is 0 Å². The van der Waals surface area contributed by atoms with E-state index in [1.165, 1.54) is 57.8 Å². The van der Waals surface area contributed by atoms with Gasteiger partial charge < -0.3 is 11.1 Å². The molecule has 94 valence electrons. The predicted octanol–water partition coefficient (Wildman–Crippen LogP) is 2.81. The van der Waals surface area contributed by atoms with Crippen molar-refractivity contribution in [2.24, 2.45) is 11.7 Å². The van der Waals surface area contributed by atoms with Gasteiger partial charge in [-0.3, -0.25) is 0 Å². The van der Waals surface area contributed by atoms with Gasteiger partial charge in [0.25, 0.3) is 0 Å². The molecule has 0 spiro atoms. The van der Waals surface area contributed by atoms with Gasteiger partial charge in [-0.15, -0.1) is 0 Å². The van der Waals surface area contributed by atoms with E-state index < -0.39 is 0 Å². The Balaban J connectivity index is 1.75. The summed E-state index contributed by atoms with van der Waals surface area (Å²) in [6.45, 7) is 2.39. The van der Waals surface area contributed by atoms with E-state index in [1.54, 1.807) is 0 Å². The zero-order chi connectivity index (χ0) is 11.4. The van der Waals surface area contributed by atoms with Gasteiger partial charge in [0.1, 0.15) is 0 Å². The summed E-state index contributed by atoms with van der Waals surface area (Å²) in [5, 5.41) is 3.83. The number of nitrogens with two attached hydrogens (primary N) is 1. The molecule has 0 amide bonds. The molecule has 0 heterocycles. The first kappa shape index (κ1) is 12.4. The zero-order valence-electron chi connectivity index (χ0n) is 10.8. The Labute approximate surface area is 100 Å². The SMILES string of the molecule is C[C@@H](NC1CCC(N)C1)C1CCCCCC1. The molecule has 2 aliphatic rings. The molecule has 0 radical (unpaired) electrons. The Kier molecular flexibility index (Phi) is 4.66. The molecule has 0 aromatic carbocycles. The number of nitrogens with one attached hydrogen (secondary N) is 1. The fourth-order valence-corrected chi connectivity index (χ4v) is 3.49. The van der Waals surface area contributed by atoms with Crippen molar-refractivity contribution in [2.75, 3.05) is 0 Å². The molecular formula is C14H28N2. The normalized spacial score (nSPS) is 34.9. The van der Waals surface area contributed by atoms with Crippen LogP contribution in [0.4, 0.5) is 0 Å². The summed E-state index contributed by atoms with van der Waals surface area (Å²) in [5.41, 5.74) is 5.96. The second-order valence-corrected chi connectivity index (χ2v) is 5.98. The van der Waals surface area contributed by atoms with Gasteiger partial charge in [0.05, 0.1) is 0 Å². The van der Waals surface area contributed by atoms with Crippen LogP contribution in [-0.2, 0) is 0 Å². The van der Waals surface area contributed by atoms with Crippen LogP contribution in [0.3, 0.4) is 0 Å². The highest BCUT2D eigenvalue weighted by Gasteiger charge is 2.26. The van der Waals surface area contributed by atoms with Gasteiger partial charge in [0.15, 0.2) is 0 Å². The molecule has 16 heavy (non-hydrogen) atoms. The van der Waals surface area contributed by atoms with Crippen LogP contribution in [0, 0.1) is 5.92 Å². The van der Waals surface area contributed by atoms with Crippen LogP contribution in [-0.4, -0.2) is 18.1 Å². The van der Waals surface area contributed by atoms with Crippen LogP contribution in [0.15, 0.2) is 0 Å². The van der Waals surface area contributed by atoms with Crippen molar-refractivity contribution in [1.82, 2.24) is 5.32 Å². The molecule has 0 saturated heterocycles. The van der Waals surface area contributed by atoms with Gasteiger partial charge >= 0.3 is 0 Å². The third-order valence-corrected chi connectivity index (χ3v) is 4.58. The lowest BCUT2D eigenvalue weighted by Crippen LogP contribution is -2.40. The molecule has 2 nitrogen and oxygen atoms in total. The number of hydrogen-bond donors (Lipinski definition) is 2. The molecule has 2 aliphatic carbocycles. The number of hydrogen-bond acceptors (Lipinski definition) is 2. The van der Waals surface area contributed by atoms with Crippen molar-refractivity contribution < 1.29 is 0 Å². The fraction of sp³-hybridized carbons (Fsp3) is 1.00. The maximum Gasteiger partial charge on any atom is 0.00849 e. The van der Waals surface area contributed by atoms with Gasteiger partial charge in [0, 0.05) is 18.1 Å². The summed E-state index contributed by atoms with van der Waals surface area (Å²) < 4.78 is 0. The maximum atomic E-state index is 5.96. The van der Waals surface area contributed by atoms with E-state index in [1.807, 2.05) is 0 Å². The summed E-state index contributed by atoms with van der Waals surface area (Å²) in [5.74, 6) is 0.916. The molecule has 2 heteroatoms. The summed E-state index contributed by atoms with van der Waals surface area (Å²) in [6.07, 6.45) is 12.4. The topological polar surface area (TPSA) is 38.0 Å². The highest BCUT2D eigenvalue weighted by atomic mass is 15.0. The second kappa shape index (κ2) is 6.02. The average Bonchev–Trinajstić information content (AvgIpc) is 2.56. The first-order valence-electron chi connectivity index (χ1n) is 7.27. The van der Waals surface area contributed by atoms with E-state index in [2.05, 4.69) is 12.2 Å². The first-order valence-corrected chi connectivity index (χ1v) is 7.27. The largest absolute Gasteiger partial charge is 0.328 e.